The second kappa shape index (κ2) is 4.16. The van der Waals surface area contributed by atoms with Crippen LogP contribution in [0.2, 0.25) is 0 Å². The van der Waals surface area contributed by atoms with Gasteiger partial charge in [0, 0.05) is 0 Å². The highest BCUT2D eigenvalue weighted by molar-refractivity contribution is 4.68. The lowest BCUT2D eigenvalue weighted by Gasteiger charge is -2.20. The van der Waals surface area contributed by atoms with Crippen LogP contribution in [-0.2, 0) is 4.74 Å². The standard InChI is InChI=1S/C8H15NO/c1-4-5-8(2,3)6-10-7-9/h4-6H2,1-3H3. The van der Waals surface area contributed by atoms with Crippen molar-refractivity contribution in [2.24, 2.45) is 5.41 Å². The smallest absolute Gasteiger partial charge is 0.286 e. The molecule has 10 heavy (non-hydrogen) atoms. The van der Waals surface area contributed by atoms with Crippen LogP contribution in [0.3, 0.4) is 0 Å². The van der Waals surface area contributed by atoms with E-state index in [2.05, 4.69) is 25.5 Å². The van der Waals surface area contributed by atoms with Crippen LogP contribution < -0.4 is 0 Å². The van der Waals surface area contributed by atoms with Crippen molar-refractivity contribution in [1.29, 1.82) is 5.26 Å². The molecule has 0 bridgehead atoms. The molecule has 0 unspecified atom stereocenters. The number of nitrogens with zero attached hydrogens (tertiary/aromatic N) is 1. The van der Waals surface area contributed by atoms with Crippen molar-refractivity contribution in [3.8, 4) is 6.26 Å². The summed E-state index contributed by atoms with van der Waals surface area (Å²) in [7, 11) is 0. The third kappa shape index (κ3) is 4.20. The molecule has 58 valence electrons. The quantitative estimate of drug-likeness (QED) is 0.563. The molecule has 0 rings (SSSR count). The van der Waals surface area contributed by atoms with Gasteiger partial charge >= 0.3 is 0 Å². The fraction of sp³-hybridized carbons (Fsp3) is 0.875. The van der Waals surface area contributed by atoms with Crippen molar-refractivity contribution in [3.63, 3.8) is 0 Å². The van der Waals surface area contributed by atoms with E-state index in [1.54, 1.807) is 6.26 Å². The van der Waals surface area contributed by atoms with E-state index in [1.165, 1.54) is 0 Å². The normalized spacial score (nSPS) is 10.6. The van der Waals surface area contributed by atoms with E-state index < -0.39 is 0 Å². The number of ether oxygens (including phenoxy) is 1. The number of nitriles is 1. The van der Waals surface area contributed by atoms with Crippen LogP contribution in [0.25, 0.3) is 0 Å². The van der Waals surface area contributed by atoms with Crippen molar-refractivity contribution < 1.29 is 4.74 Å². The molecule has 0 aliphatic rings. The summed E-state index contributed by atoms with van der Waals surface area (Å²) in [5, 5.41) is 8.13. The molecule has 0 aromatic carbocycles. The Hall–Kier alpha value is -0.710. The number of hydrogen-bond acceptors (Lipinski definition) is 2. The zero-order valence-corrected chi connectivity index (χ0v) is 6.98. The van der Waals surface area contributed by atoms with E-state index in [0.29, 0.717) is 6.61 Å². The van der Waals surface area contributed by atoms with Gasteiger partial charge in [-0.1, -0.05) is 27.2 Å². The van der Waals surface area contributed by atoms with Crippen LogP contribution in [0.1, 0.15) is 33.6 Å². The van der Waals surface area contributed by atoms with Gasteiger partial charge in [-0.15, -0.1) is 0 Å². The third-order valence-corrected chi connectivity index (χ3v) is 1.45. The first-order valence-electron chi connectivity index (χ1n) is 3.63. The monoisotopic (exact) mass is 141 g/mol. The summed E-state index contributed by atoms with van der Waals surface area (Å²) >= 11 is 0. The van der Waals surface area contributed by atoms with E-state index in [1.807, 2.05) is 0 Å². The van der Waals surface area contributed by atoms with Gasteiger partial charge in [-0.2, -0.15) is 5.26 Å². The summed E-state index contributed by atoms with van der Waals surface area (Å²) in [4.78, 5) is 0. The van der Waals surface area contributed by atoms with Gasteiger partial charge in [0.25, 0.3) is 6.26 Å². The highest BCUT2D eigenvalue weighted by Gasteiger charge is 2.16. The second-order valence-electron chi connectivity index (χ2n) is 3.29. The zero-order valence-electron chi connectivity index (χ0n) is 6.98. The number of hydrogen-bond donors (Lipinski definition) is 0. The molecule has 0 spiro atoms. The van der Waals surface area contributed by atoms with E-state index in [0.717, 1.165) is 12.8 Å². The molecule has 0 N–H and O–H groups in total. The molecule has 0 saturated carbocycles. The molecule has 0 aromatic heterocycles. The molecular weight excluding hydrogens is 126 g/mol. The molecule has 0 saturated heterocycles. The Kier molecular flexibility index (Phi) is 3.87. The van der Waals surface area contributed by atoms with Crippen molar-refractivity contribution in [1.82, 2.24) is 0 Å². The predicted molar refractivity (Wildman–Crippen MR) is 40.3 cm³/mol. The summed E-state index contributed by atoms with van der Waals surface area (Å²) in [5.41, 5.74) is 0.157. The van der Waals surface area contributed by atoms with Gasteiger partial charge in [-0.05, 0) is 11.8 Å². The molecule has 0 aliphatic heterocycles. The van der Waals surface area contributed by atoms with Gasteiger partial charge in [0.2, 0.25) is 0 Å². The Morgan fingerprint density at radius 2 is 2.10 bits per heavy atom. The lowest BCUT2D eigenvalue weighted by molar-refractivity contribution is 0.141. The Bertz CT molecular complexity index is 124. The minimum Gasteiger partial charge on any atom is -0.427 e. The van der Waals surface area contributed by atoms with Crippen molar-refractivity contribution in [2.45, 2.75) is 33.6 Å². The first-order valence-corrected chi connectivity index (χ1v) is 3.63. The van der Waals surface area contributed by atoms with Gasteiger partial charge in [-0.3, -0.25) is 0 Å². The van der Waals surface area contributed by atoms with Crippen molar-refractivity contribution in [3.05, 3.63) is 0 Å². The summed E-state index contributed by atoms with van der Waals surface area (Å²) in [6.45, 7) is 6.88. The average molecular weight is 141 g/mol. The summed E-state index contributed by atoms with van der Waals surface area (Å²) in [6.07, 6.45) is 3.93. The molecular formula is C8H15NO. The fourth-order valence-electron chi connectivity index (χ4n) is 0.977. The largest absolute Gasteiger partial charge is 0.427 e. The van der Waals surface area contributed by atoms with E-state index in [9.17, 15) is 0 Å². The average Bonchev–Trinajstić information content (AvgIpc) is 1.84. The Labute approximate surface area is 62.8 Å². The van der Waals surface area contributed by atoms with Gasteiger partial charge in [0.05, 0.1) is 0 Å². The maximum atomic E-state index is 8.13. The maximum absolute atomic E-state index is 8.13. The lowest BCUT2D eigenvalue weighted by atomic mass is 9.89. The van der Waals surface area contributed by atoms with Crippen LogP contribution in [0.15, 0.2) is 0 Å². The molecule has 0 radical (unpaired) electrons. The van der Waals surface area contributed by atoms with Gasteiger partial charge in [-0.25, -0.2) is 0 Å². The van der Waals surface area contributed by atoms with Crippen LogP contribution >= 0.6 is 0 Å². The zero-order chi connectivity index (χ0) is 8.04. The third-order valence-electron chi connectivity index (χ3n) is 1.45. The molecule has 0 atom stereocenters. The van der Waals surface area contributed by atoms with Gasteiger partial charge in [0.1, 0.15) is 6.61 Å². The topological polar surface area (TPSA) is 33.0 Å². The lowest BCUT2D eigenvalue weighted by Crippen LogP contribution is -2.17. The highest BCUT2D eigenvalue weighted by Crippen LogP contribution is 2.21. The van der Waals surface area contributed by atoms with E-state index >= 15 is 0 Å². The predicted octanol–water partition coefficient (Wildman–Crippen LogP) is 2.31. The van der Waals surface area contributed by atoms with Crippen LogP contribution in [0.5, 0.6) is 0 Å². The molecule has 0 fully saturated rings. The summed E-state index contributed by atoms with van der Waals surface area (Å²) in [6, 6.07) is 0. The van der Waals surface area contributed by atoms with Crippen molar-refractivity contribution in [2.75, 3.05) is 6.61 Å². The summed E-state index contributed by atoms with van der Waals surface area (Å²) in [5.74, 6) is 0. The summed E-state index contributed by atoms with van der Waals surface area (Å²) < 4.78 is 4.66. The first kappa shape index (κ1) is 9.29. The molecule has 2 nitrogen and oxygen atoms in total. The van der Waals surface area contributed by atoms with E-state index in [-0.39, 0.29) is 5.41 Å². The number of rotatable bonds is 4. The Morgan fingerprint density at radius 3 is 2.50 bits per heavy atom. The minimum absolute atomic E-state index is 0.157. The first-order chi connectivity index (χ1) is 4.62. The van der Waals surface area contributed by atoms with Gasteiger partial charge in [0.15, 0.2) is 0 Å². The van der Waals surface area contributed by atoms with Gasteiger partial charge < -0.3 is 4.74 Å². The van der Waals surface area contributed by atoms with E-state index in [4.69, 9.17) is 5.26 Å². The highest BCUT2D eigenvalue weighted by atomic mass is 16.5. The SMILES string of the molecule is CCCC(C)(C)COC#N. The Balaban J connectivity index is 3.54. The van der Waals surface area contributed by atoms with Crippen LogP contribution in [0, 0.1) is 16.9 Å². The molecule has 0 heterocycles. The minimum atomic E-state index is 0.157. The molecule has 0 aliphatic carbocycles. The fourth-order valence-corrected chi connectivity index (χ4v) is 0.977. The van der Waals surface area contributed by atoms with Crippen molar-refractivity contribution >= 4 is 0 Å². The second-order valence-corrected chi connectivity index (χ2v) is 3.29. The Morgan fingerprint density at radius 1 is 1.50 bits per heavy atom. The molecule has 0 aromatic rings. The van der Waals surface area contributed by atoms with Crippen LogP contribution in [0.4, 0.5) is 0 Å². The molecule has 2 heteroatoms. The van der Waals surface area contributed by atoms with Crippen LogP contribution in [-0.4, -0.2) is 6.61 Å². The maximum Gasteiger partial charge on any atom is 0.286 e. The molecule has 0 amide bonds.